The number of nitrogens with zero attached hydrogens (tertiary/aromatic N) is 1. The first-order valence-electron chi connectivity index (χ1n) is 36.7. The van der Waals surface area contributed by atoms with Gasteiger partial charge in [0, 0.05) is 12.8 Å². The molecule has 502 valence electrons. The number of ether oxygens (including phenoxy) is 2. The Hall–Kier alpha value is -2.55. The van der Waals surface area contributed by atoms with E-state index in [9.17, 15) is 19.0 Å². The number of likely N-dealkylation sites (N-methyl/N-ethyl adjacent to an activating group) is 1. The van der Waals surface area contributed by atoms with Crippen molar-refractivity contribution in [3.8, 4) is 0 Å². The first-order valence-corrected chi connectivity index (χ1v) is 38.2. The SMILES string of the molecule is CC/C=C\C/C=C\C/C=C\C/C=C\C/C=C\CCCCCCCCCCCCCCCCCCCCCC(=O)OC(COC(=O)CCCCCCCCCCCCCCCCC/C=C\CCCCCCCCCC)COP(=O)(O)OCC[N+](C)(C)C. The van der Waals surface area contributed by atoms with Gasteiger partial charge in [-0.05, 0) is 83.5 Å². The molecule has 0 aliphatic heterocycles. The van der Waals surface area contributed by atoms with Crippen molar-refractivity contribution in [3.63, 3.8) is 0 Å². The zero-order valence-electron chi connectivity index (χ0n) is 57.3. The molecule has 9 nitrogen and oxygen atoms in total. The van der Waals surface area contributed by atoms with Gasteiger partial charge >= 0.3 is 19.8 Å². The molecule has 2 unspecified atom stereocenters. The fourth-order valence-electron chi connectivity index (χ4n) is 10.6. The first kappa shape index (κ1) is 83.5. The van der Waals surface area contributed by atoms with Crippen LogP contribution in [0.4, 0.5) is 0 Å². The maximum atomic E-state index is 12.9. The normalized spacial score (nSPS) is 13.5. The monoisotopic (exact) mass is 1230 g/mol. The highest BCUT2D eigenvalue weighted by atomic mass is 31.2. The predicted molar refractivity (Wildman–Crippen MR) is 372 cm³/mol. The van der Waals surface area contributed by atoms with Crippen molar-refractivity contribution < 1.29 is 42.1 Å². The lowest BCUT2D eigenvalue weighted by Crippen LogP contribution is -2.37. The lowest BCUT2D eigenvalue weighted by molar-refractivity contribution is -0.870. The second-order valence-electron chi connectivity index (χ2n) is 25.9. The highest BCUT2D eigenvalue weighted by molar-refractivity contribution is 7.47. The number of hydrogen-bond acceptors (Lipinski definition) is 7. The maximum absolute atomic E-state index is 12.9. The molecule has 0 heterocycles. The van der Waals surface area contributed by atoms with Gasteiger partial charge in [0.05, 0.1) is 27.7 Å². The van der Waals surface area contributed by atoms with Crippen LogP contribution in [0.5, 0.6) is 0 Å². The van der Waals surface area contributed by atoms with Crippen LogP contribution in [0.2, 0.25) is 0 Å². The van der Waals surface area contributed by atoms with Gasteiger partial charge in [0.25, 0.3) is 0 Å². The van der Waals surface area contributed by atoms with Crippen molar-refractivity contribution in [2.45, 2.75) is 354 Å². The number of rotatable bonds is 68. The lowest BCUT2D eigenvalue weighted by atomic mass is 10.0. The van der Waals surface area contributed by atoms with Crippen molar-refractivity contribution >= 4 is 19.8 Å². The van der Waals surface area contributed by atoms with Gasteiger partial charge in [0.1, 0.15) is 19.8 Å². The molecule has 0 amide bonds. The van der Waals surface area contributed by atoms with Crippen molar-refractivity contribution in [1.82, 2.24) is 0 Å². The minimum Gasteiger partial charge on any atom is -0.462 e. The van der Waals surface area contributed by atoms with Crippen LogP contribution in [0.15, 0.2) is 72.9 Å². The quantitative estimate of drug-likeness (QED) is 0.0211. The number of phosphoric acid groups is 1. The molecule has 0 aromatic carbocycles. The fourth-order valence-corrected chi connectivity index (χ4v) is 11.4. The number of allylic oxidation sites excluding steroid dienone is 12. The van der Waals surface area contributed by atoms with Crippen LogP contribution in [0.1, 0.15) is 348 Å². The molecule has 0 fully saturated rings. The third kappa shape index (κ3) is 70.5. The third-order valence-corrected chi connectivity index (χ3v) is 17.2. The molecule has 0 saturated carbocycles. The topological polar surface area (TPSA) is 108 Å². The molecule has 0 radical (unpaired) electrons. The Bertz CT molecular complexity index is 1680. The second-order valence-corrected chi connectivity index (χ2v) is 27.4. The summed E-state index contributed by atoms with van der Waals surface area (Å²) in [5.41, 5.74) is 0. The zero-order chi connectivity index (χ0) is 62.6. The van der Waals surface area contributed by atoms with Crippen LogP contribution in [0.25, 0.3) is 0 Å². The lowest BCUT2D eigenvalue weighted by Gasteiger charge is -2.24. The number of phosphoric ester groups is 1. The smallest absolute Gasteiger partial charge is 0.462 e. The van der Waals surface area contributed by atoms with Gasteiger partial charge in [-0.15, -0.1) is 0 Å². The van der Waals surface area contributed by atoms with Gasteiger partial charge < -0.3 is 18.9 Å². The van der Waals surface area contributed by atoms with Gasteiger partial charge in [-0.2, -0.15) is 0 Å². The van der Waals surface area contributed by atoms with E-state index in [2.05, 4.69) is 86.8 Å². The molecular weight excluding hydrogens is 1090 g/mol. The molecular formula is C76H141NO8P+. The molecule has 0 bridgehead atoms. The van der Waals surface area contributed by atoms with E-state index in [1.807, 2.05) is 21.1 Å². The van der Waals surface area contributed by atoms with Crippen LogP contribution in [-0.2, 0) is 32.7 Å². The van der Waals surface area contributed by atoms with E-state index >= 15 is 0 Å². The van der Waals surface area contributed by atoms with Gasteiger partial charge in [-0.25, -0.2) is 4.57 Å². The average Bonchev–Trinajstić information content (AvgIpc) is 3.56. The van der Waals surface area contributed by atoms with Crippen molar-refractivity contribution in [1.29, 1.82) is 0 Å². The van der Waals surface area contributed by atoms with Gasteiger partial charge in [0.15, 0.2) is 6.10 Å². The zero-order valence-corrected chi connectivity index (χ0v) is 58.2. The third-order valence-electron chi connectivity index (χ3n) is 16.2. The van der Waals surface area contributed by atoms with E-state index in [0.717, 1.165) is 64.2 Å². The molecule has 10 heteroatoms. The summed E-state index contributed by atoms with van der Waals surface area (Å²) in [6.45, 7) is 4.38. The fraction of sp³-hybridized carbons (Fsp3) is 0.816. The Balaban J connectivity index is 3.98. The standard InChI is InChI=1S/C76H140NO8P/c1-6-8-10-12-14-16-18-20-22-24-26-28-30-32-34-35-36-37-38-39-40-41-43-45-47-49-51-53-55-57-59-61-63-65-67-69-76(79)85-74(73-84-86(80,81)83-71-70-77(3,4)5)72-82-75(78)68-66-64-62-60-58-56-54-52-50-48-46-44-42-33-31-29-27-25-23-21-19-17-15-13-11-9-7-2/h8,10,14,16,20,22,25-28,32,34,74H,6-7,9,11-13,15,17-19,21,23-24,29-31,33,35-73H2,1-5H3/p+1/b10-8-,16-14-,22-20-,27-25-,28-26-,34-32-. The summed E-state index contributed by atoms with van der Waals surface area (Å²) in [5, 5.41) is 0. The van der Waals surface area contributed by atoms with Crippen LogP contribution in [-0.4, -0.2) is 74.9 Å². The van der Waals surface area contributed by atoms with Crippen molar-refractivity contribution in [3.05, 3.63) is 72.9 Å². The molecule has 0 saturated heterocycles. The summed E-state index contributed by atoms with van der Waals surface area (Å²) < 4.78 is 34.8. The Kier molecular flexibility index (Phi) is 64.9. The summed E-state index contributed by atoms with van der Waals surface area (Å²) in [7, 11) is 1.49. The minimum absolute atomic E-state index is 0.0326. The number of carbonyl (C=O) groups is 2. The Labute approximate surface area is 533 Å². The number of esters is 2. The highest BCUT2D eigenvalue weighted by Gasteiger charge is 2.27. The van der Waals surface area contributed by atoms with Crippen LogP contribution < -0.4 is 0 Å². The van der Waals surface area contributed by atoms with E-state index in [0.29, 0.717) is 23.9 Å². The Morgan fingerprint density at radius 1 is 0.372 bits per heavy atom. The van der Waals surface area contributed by atoms with Gasteiger partial charge in [-0.3, -0.25) is 18.6 Å². The number of quaternary nitrogens is 1. The molecule has 0 aromatic rings. The summed E-state index contributed by atoms with van der Waals surface area (Å²) in [5.74, 6) is -0.780. The summed E-state index contributed by atoms with van der Waals surface area (Å²) in [6, 6.07) is 0. The van der Waals surface area contributed by atoms with E-state index in [1.165, 1.54) is 250 Å². The summed E-state index contributed by atoms with van der Waals surface area (Å²) in [4.78, 5) is 35.9. The van der Waals surface area contributed by atoms with E-state index < -0.39 is 26.5 Å². The summed E-state index contributed by atoms with van der Waals surface area (Å²) in [6.07, 6.45) is 90.2. The second kappa shape index (κ2) is 66.9. The van der Waals surface area contributed by atoms with E-state index in [1.54, 1.807) is 0 Å². The number of hydrogen-bond donors (Lipinski definition) is 1. The predicted octanol–water partition coefficient (Wildman–Crippen LogP) is 23.9. The molecule has 1 N–H and O–H groups in total. The molecule has 86 heavy (non-hydrogen) atoms. The van der Waals surface area contributed by atoms with Crippen LogP contribution in [0, 0.1) is 0 Å². The Morgan fingerprint density at radius 2 is 0.663 bits per heavy atom. The van der Waals surface area contributed by atoms with Crippen molar-refractivity contribution in [2.24, 2.45) is 0 Å². The minimum atomic E-state index is -4.39. The molecule has 2 atom stereocenters. The largest absolute Gasteiger partial charge is 0.472 e. The van der Waals surface area contributed by atoms with Crippen molar-refractivity contribution in [2.75, 3.05) is 47.5 Å². The number of unbranched alkanes of at least 4 members (excludes halogenated alkanes) is 42. The summed E-state index contributed by atoms with van der Waals surface area (Å²) >= 11 is 0. The Morgan fingerprint density at radius 3 is 1.00 bits per heavy atom. The van der Waals surface area contributed by atoms with E-state index in [4.69, 9.17) is 18.5 Å². The molecule has 0 spiro atoms. The first-order chi connectivity index (χ1) is 42.0. The average molecular weight is 1230 g/mol. The molecule has 0 rings (SSSR count). The molecule has 0 aliphatic rings. The van der Waals surface area contributed by atoms with Gasteiger partial charge in [0.2, 0.25) is 0 Å². The van der Waals surface area contributed by atoms with Gasteiger partial charge in [-0.1, -0.05) is 324 Å². The van der Waals surface area contributed by atoms with Crippen LogP contribution >= 0.6 is 7.82 Å². The molecule has 0 aliphatic carbocycles. The number of carbonyl (C=O) groups excluding carboxylic acids is 2. The molecule has 0 aromatic heterocycles. The maximum Gasteiger partial charge on any atom is 0.472 e. The van der Waals surface area contributed by atoms with E-state index in [-0.39, 0.29) is 25.6 Å². The highest BCUT2D eigenvalue weighted by Crippen LogP contribution is 2.43. The van der Waals surface area contributed by atoms with Crippen LogP contribution in [0.3, 0.4) is 0 Å².